The Balaban J connectivity index is 2.37. The molecule has 1 aromatic heterocycles. The third kappa shape index (κ3) is 5.09. The molecule has 3 aromatic rings. The first-order valence-electron chi connectivity index (χ1n) is 10.6. The average Bonchev–Trinajstić information content (AvgIpc) is 2.80. The van der Waals surface area contributed by atoms with Gasteiger partial charge in [0.25, 0.3) is 5.56 Å². The van der Waals surface area contributed by atoms with Crippen LogP contribution < -0.4 is 10.3 Å². The van der Waals surface area contributed by atoms with E-state index in [2.05, 4.69) is 9.71 Å². The molecule has 1 heterocycles. The van der Waals surface area contributed by atoms with Gasteiger partial charge in [0.2, 0.25) is 10.0 Å². The Morgan fingerprint density at radius 2 is 1.89 bits per heavy atom. The summed E-state index contributed by atoms with van der Waals surface area (Å²) in [6, 6.07) is 7.17. The predicted molar refractivity (Wildman–Crippen MR) is 126 cm³/mol. The molecule has 0 aliphatic heterocycles. The predicted octanol–water partition coefficient (Wildman–Crippen LogP) is 1.42. The van der Waals surface area contributed by atoms with Crippen molar-refractivity contribution in [3.05, 3.63) is 63.2 Å². The van der Waals surface area contributed by atoms with Gasteiger partial charge in [-0.2, -0.15) is 0 Å². The number of hydrogen-bond acceptors (Lipinski definition) is 8. The molecule has 0 radical (unpaired) electrons. The van der Waals surface area contributed by atoms with Crippen molar-refractivity contribution >= 4 is 32.9 Å². The summed E-state index contributed by atoms with van der Waals surface area (Å²) < 4.78 is 33.8. The van der Waals surface area contributed by atoms with Gasteiger partial charge in [-0.25, -0.2) is 22.9 Å². The number of aromatic nitrogens is 2. The first-order chi connectivity index (χ1) is 16.5. The first kappa shape index (κ1) is 26.0. The molecule has 0 aliphatic carbocycles. The number of hydrogen-bond donors (Lipinski definition) is 3. The van der Waals surface area contributed by atoms with Crippen molar-refractivity contribution in [2.24, 2.45) is 0 Å². The molecule has 3 N–H and O–H groups in total. The van der Waals surface area contributed by atoms with E-state index >= 15 is 0 Å². The zero-order valence-corrected chi connectivity index (χ0v) is 20.2. The van der Waals surface area contributed by atoms with E-state index in [1.165, 1.54) is 44.3 Å². The molecule has 35 heavy (non-hydrogen) atoms. The number of para-hydroxylation sites is 1. The number of aryl methyl sites for hydroxylation is 2. The van der Waals surface area contributed by atoms with E-state index in [9.17, 15) is 27.9 Å². The number of esters is 1. The Hall–Kier alpha value is -3.61. The van der Waals surface area contributed by atoms with Crippen molar-refractivity contribution in [1.82, 2.24) is 14.3 Å². The van der Waals surface area contributed by atoms with Gasteiger partial charge in [0.05, 0.1) is 22.2 Å². The number of nitrogens with one attached hydrogen (secondary N) is 1. The second-order valence-electron chi connectivity index (χ2n) is 7.72. The number of aliphatic hydroxyl groups is 1. The fraction of sp³-hybridized carbons (Fsp3) is 0.304. The number of carbonyl (C=O) groups is 2. The third-order valence-corrected chi connectivity index (χ3v) is 6.92. The van der Waals surface area contributed by atoms with E-state index < -0.39 is 34.1 Å². The number of rotatable bonds is 9. The second kappa shape index (κ2) is 10.3. The molecule has 12 heteroatoms. The molecule has 0 fully saturated rings. The zero-order valence-electron chi connectivity index (χ0n) is 19.4. The van der Waals surface area contributed by atoms with Crippen molar-refractivity contribution < 1.29 is 33.0 Å². The van der Waals surface area contributed by atoms with Crippen LogP contribution in [0.15, 0.2) is 40.0 Å². The average molecular weight is 504 g/mol. The van der Waals surface area contributed by atoms with E-state index in [4.69, 9.17) is 9.84 Å². The van der Waals surface area contributed by atoms with Crippen molar-refractivity contribution in [1.29, 1.82) is 0 Å². The standard InChI is InChI=1S/C23H25N3O8S/c1-13-11-15-21(14(2)20(13)23(30)31)22(29)26(18(25-15)12-34-19(28)9-6-10-27)16-7-4-5-8-17(16)35(32,33)24-3/h4-5,7-8,11,24,27H,6,9-10,12H2,1-3H3,(H,30,31). The van der Waals surface area contributed by atoms with Crippen molar-refractivity contribution in [2.45, 2.75) is 38.2 Å². The summed E-state index contributed by atoms with van der Waals surface area (Å²) in [6.45, 7) is 2.40. The summed E-state index contributed by atoms with van der Waals surface area (Å²) >= 11 is 0. The lowest BCUT2D eigenvalue weighted by molar-refractivity contribution is -0.145. The van der Waals surface area contributed by atoms with E-state index in [1.54, 1.807) is 6.92 Å². The Morgan fingerprint density at radius 1 is 1.20 bits per heavy atom. The highest BCUT2D eigenvalue weighted by Gasteiger charge is 2.24. The Bertz CT molecular complexity index is 1480. The van der Waals surface area contributed by atoms with Crippen LogP contribution >= 0.6 is 0 Å². The van der Waals surface area contributed by atoms with E-state index in [-0.39, 0.29) is 57.9 Å². The Morgan fingerprint density at radius 3 is 2.51 bits per heavy atom. The summed E-state index contributed by atoms with van der Waals surface area (Å²) in [6.07, 6.45) is 0.135. The van der Waals surface area contributed by atoms with Crippen molar-refractivity contribution in [3.63, 3.8) is 0 Å². The summed E-state index contributed by atoms with van der Waals surface area (Å²) in [7, 11) is -2.79. The minimum atomic E-state index is -4.01. The molecule has 186 valence electrons. The third-order valence-electron chi connectivity index (χ3n) is 5.46. The molecule has 3 rings (SSSR count). The number of carbonyl (C=O) groups excluding carboxylic acids is 1. The van der Waals surface area contributed by atoms with Crippen molar-refractivity contribution in [3.8, 4) is 5.69 Å². The van der Waals surface area contributed by atoms with Gasteiger partial charge < -0.3 is 14.9 Å². The molecule has 0 atom stereocenters. The van der Waals surface area contributed by atoms with E-state index in [0.717, 1.165) is 4.57 Å². The van der Waals surface area contributed by atoms with Crippen LogP contribution in [-0.2, 0) is 26.2 Å². The lowest BCUT2D eigenvalue weighted by Crippen LogP contribution is -2.29. The van der Waals surface area contributed by atoms with Gasteiger partial charge in [-0.05, 0) is 56.6 Å². The highest BCUT2D eigenvalue weighted by atomic mass is 32.2. The van der Waals surface area contributed by atoms with Crippen LogP contribution in [0.5, 0.6) is 0 Å². The number of benzene rings is 2. The van der Waals surface area contributed by atoms with Crippen LogP contribution in [0.3, 0.4) is 0 Å². The van der Waals surface area contributed by atoms with Gasteiger partial charge in [0.15, 0.2) is 5.82 Å². The van der Waals surface area contributed by atoms with Gasteiger partial charge in [0.1, 0.15) is 11.5 Å². The number of aromatic carboxylic acids is 1. The summed E-state index contributed by atoms with van der Waals surface area (Å²) in [4.78, 5) is 41.9. The number of fused-ring (bicyclic) bond motifs is 1. The van der Waals surface area contributed by atoms with E-state index in [0.29, 0.717) is 5.56 Å². The zero-order chi connectivity index (χ0) is 25.9. The number of carboxylic acid groups (broad SMARTS) is 1. The summed E-state index contributed by atoms with van der Waals surface area (Å²) in [5, 5.41) is 18.6. The fourth-order valence-electron chi connectivity index (χ4n) is 3.83. The van der Waals surface area contributed by atoms with E-state index in [1.807, 2.05) is 0 Å². The normalized spacial score (nSPS) is 11.5. The number of aliphatic hydroxyl groups excluding tert-OH is 1. The van der Waals surface area contributed by atoms with Gasteiger partial charge in [-0.3, -0.25) is 14.2 Å². The lowest BCUT2D eigenvalue weighted by Gasteiger charge is -2.18. The molecule has 0 bridgehead atoms. The maximum absolute atomic E-state index is 13.8. The molecule has 11 nitrogen and oxygen atoms in total. The van der Waals surface area contributed by atoms with Crippen LogP contribution in [-0.4, -0.2) is 53.8 Å². The minimum absolute atomic E-state index is 0.0000145. The molecule has 0 spiro atoms. The van der Waals surface area contributed by atoms with Crippen molar-refractivity contribution in [2.75, 3.05) is 13.7 Å². The maximum atomic E-state index is 13.8. The number of sulfonamides is 1. The van der Waals surface area contributed by atoms with Crippen LogP contribution in [0.2, 0.25) is 0 Å². The Labute approximate surface area is 201 Å². The second-order valence-corrected chi connectivity index (χ2v) is 9.58. The fourth-order valence-corrected chi connectivity index (χ4v) is 4.74. The van der Waals surface area contributed by atoms with Gasteiger partial charge in [-0.1, -0.05) is 12.1 Å². The molecule has 0 saturated carbocycles. The highest BCUT2D eigenvalue weighted by Crippen LogP contribution is 2.25. The van der Waals surface area contributed by atoms with Crippen LogP contribution in [0, 0.1) is 13.8 Å². The number of nitrogens with zero attached hydrogens (tertiary/aromatic N) is 2. The topological polar surface area (TPSA) is 165 Å². The molecular formula is C23H25N3O8S. The quantitative estimate of drug-likeness (QED) is 0.366. The first-order valence-corrected chi connectivity index (χ1v) is 12.1. The lowest BCUT2D eigenvalue weighted by atomic mass is 9.98. The van der Waals surface area contributed by atoms with Gasteiger partial charge in [-0.15, -0.1) is 0 Å². The van der Waals surface area contributed by atoms with Gasteiger partial charge >= 0.3 is 11.9 Å². The van der Waals surface area contributed by atoms with Gasteiger partial charge in [0, 0.05) is 13.0 Å². The molecule has 0 saturated heterocycles. The summed E-state index contributed by atoms with van der Waals surface area (Å²) in [5.41, 5.74) is -0.0612. The smallest absolute Gasteiger partial charge is 0.336 e. The summed E-state index contributed by atoms with van der Waals surface area (Å²) in [5.74, 6) is -1.90. The van der Waals surface area contributed by atoms with Crippen LogP contribution in [0.4, 0.5) is 0 Å². The minimum Gasteiger partial charge on any atom is -0.478 e. The highest BCUT2D eigenvalue weighted by molar-refractivity contribution is 7.89. The number of ether oxygens (including phenoxy) is 1. The Kier molecular flexibility index (Phi) is 7.68. The monoisotopic (exact) mass is 503 g/mol. The largest absolute Gasteiger partial charge is 0.478 e. The molecule has 0 aliphatic rings. The maximum Gasteiger partial charge on any atom is 0.336 e. The molecule has 0 unspecified atom stereocenters. The SMILES string of the molecule is CNS(=O)(=O)c1ccccc1-n1c(COC(=O)CCCO)nc2cc(C)c(C(=O)O)c(C)c2c1=O. The number of carboxylic acids is 1. The molecular weight excluding hydrogens is 478 g/mol. The molecule has 2 aromatic carbocycles. The van der Waals surface area contributed by atoms with Crippen LogP contribution in [0.1, 0.15) is 40.2 Å². The molecule has 0 amide bonds. The van der Waals surface area contributed by atoms with Crippen LogP contribution in [0.25, 0.3) is 16.6 Å².